The minimum atomic E-state index is -0.949. The zero-order valence-corrected chi connectivity index (χ0v) is 13.9. The molecule has 0 radical (unpaired) electrons. The van der Waals surface area contributed by atoms with Gasteiger partial charge >= 0.3 is 0 Å². The summed E-state index contributed by atoms with van der Waals surface area (Å²) in [5, 5.41) is 38.0. The molecule has 25 heavy (non-hydrogen) atoms. The van der Waals surface area contributed by atoms with E-state index in [1.165, 1.54) is 22.2 Å². The Labute approximate surface area is 147 Å². The van der Waals surface area contributed by atoms with Gasteiger partial charge in [0.05, 0.1) is 32.0 Å². The van der Waals surface area contributed by atoms with E-state index >= 15 is 0 Å². The monoisotopic (exact) mass is 360 g/mol. The van der Waals surface area contributed by atoms with E-state index in [-0.39, 0.29) is 25.4 Å². The molecule has 10 heteroatoms. The Bertz CT molecular complexity index is 835. The molecule has 2 heterocycles. The number of nitrogens with one attached hydrogen (secondary N) is 1. The van der Waals surface area contributed by atoms with Crippen LogP contribution in [0.3, 0.4) is 0 Å². The fourth-order valence-corrected chi connectivity index (χ4v) is 2.82. The summed E-state index contributed by atoms with van der Waals surface area (Å²) in [6, 6.07) is 9.67. The van der Waals surface area contributed by atoms with Crippen molar-refractivity contribution in [2.24, 2.45) is 0 Å². The molecule has 0 fully saturated rings. The first-order chi connectivity index (χ1) is 12.2. The number of aromatic nitrogens is 5. The quantitative estimate of drug-likeness (QED) is 0.545. The summed E-state index contributed by atoms with van der Waals surface area (Å²) in [4.78, 5) is 12.1. The van der Waals surface area contributed by atoms with Crippen molar-refractivity contribution in [1.29, 1.82) is 0 Å². The van der Waals surface area contributed by atoms with Crippen molar-refractivity contribution < 1.29 is 15.0 Å². The van der Waals surface area contributed by atoms with Gasteiger partial charge in [-0.2, -0.15) is 0 Å². The van der Waals surface area contributed by atoms with Crippen molar-refractivity contribution in [3.05, 3.63) is 47.2 Å². The number of benzene rings is 1. The first-order valence-corrected chi connectivity index (χ1v) is 8.32. The van der Waals surface area contributed by atoms with Crippen molar-refractivity contribution >= 4 is 17.2 Å². The smallest absolute Gasteiger partial charge is 0.273 e. The van der Waals surface area contributed by atoms with Crippen molar-refractivity contribution in [2.75, 3.05) is 6.61 Å². The lowest BCUT2D eigenvalue weighted by Gasteiger charge is -2.04. The molecule has 3 aromatic rings. The molecule has 2 aromatic heterocycles. The van der Waals surface area contributed by atoms with Gasteiger partial charge in [-0.05, 0) is 0 Å². The highest BCUT2D eigenvalue weighted by molar-refractivity contribution is 7.14. The highest BCUT2D eigenvalue weighted by Crippen LogP contribution is 2.22. The minimum absolute atomic E-state index is 0.0631. The average Bonchev–Trinajstić information content (AvgIpc) is 3.30. The normalized spacial score (nSPS) is 12.1. The molecular formula is C15H16N6O3S. The predicted molar refractivity (Wildman–Crippen MR) is 89.6 cm³/mol. The Balaban J connectivity index is 1.57. The summed E-state index contributed by atoms with van der Waals surface area (Å²) in [6.45, 7) is -0.0920. The highest BCUT2D eigenvalue weighted by Gasteiger charge is 2.13. The maximum Gasteiger partial charge on any atom is 0.273 e. The van der Waals surface area contributed by atoms with Gasteiger partial charge in [0.25, 0.3) is 5.91 Å². The number of carbonyl (C=O) groups excluding carboxylic acids is 1. The Hall–Kier alpha value is -2.69. The number of hydrogen-bond acceptors (Lipinski definition) is 8. The van der Waals surface area contributed by atoms with Crippen LogP contribution in [0.2, 0.25) is 0 Å². The van der Waals surface area contributed by atoms with Gasteiger partial charge in [0.15, 0.2) is 5.69 Å². The second kappa shape index (κ2) is 7.92. The topological polar surface area (TPSA) is 126 Å². The van der Waals surface area contributed by atoms with Crippen LogP contribution in [0.1, 0.15) is 15.5 Å². The Kier molecular flexibility index (Phi) is 5.43. The van der Waals surface area contributed by atoms with Crippen molar-refractivity contribution in [1.82, 2.24) is 30.5 Å². The second-order valence-corrected chi connectivity index (χ2v) is 6.27. The Morgan fingerprint density at radius 2 is 2.04 bits per heavy atom. The molecule has 1 unspecified atom stereocenters. The van der Waals surface area contributed by atoms with E-state index in [4.69, 9.17) is 5.11 Å². The number of amides is 1. The second-order valence-electron chi connectivity index (χ2n) is 5.21. The number of nitrogens with zero attached hydrogens (tertiary/aromatic N) is 5. The summed E-state index contributed by atoms with van der Waals surface area (Å²) in [7, 11) is 0. The molecule has 3 rings (SSSR count). The maximum absolute atomic E-state index is 12.1. The molecule has 130 valence electrons. The third-order valence-corrected chi connectivity index (χ3v) is 4.24. The molecule has 0 saturated carbocycles. The molecular weight excluding hydrogens is 344 g/mol. The lowest BCUT2D eigenvalue weighted by molar-refractivity contribution is 0.0777. The molecule has 3 N–H and O–H groups in total. The Morgan fingerprint density at radius 1 is 1.24 bits per heavy atom. The third-order valence-electron chi connectivity index (χ3n) is 3.27. The molecule has 0 bridgehead atoms. The largest absolute Gasteiger partial charge is 0.394 e. The maximum atomic E-state index is 12.1. The molecule has 1 aromatic carbocycles. The zero-order valence-electron chi connectivity index (χ0n) is 13.1. The van der Waals surface area contributed by atoms with Gasteiger partial charge in [-0.1, -0.05) is 46.9 Å². The van der Waals surface area contributed by atoms with E-state index in [0.717, 1.165) is 10.6 Å². The number of aliphatic hydroxyl groups is 2. The fraction of sp³-hybridized carbons (Fsp3) is 0.267. The first kappa shape index (κ1) is 17.1. The van der Waals surface area contributed by atoms with Crippen LogP contribution in [0.25, 0.3) is 10.6 Å². The van der Waals surface area contributed by atoms with Crippen LogP contribution in [-0.2, 0) is 13.1 Å². The lowest BCUT2D eigenvalue weighted by Crippen LogP contribution is -2.23. The molecule has 9 nitrogen and oxygen atoms in total. The van der Waals surface area contributed by atoms with Gasteiger partial charge in [-0.25, -0.2) is 4.68 Å². The molecule has 0 aliphatic heterocycles. The summed E-state index contributed by atoms with van der Waals surface area (Å²) < 4.78 is 1.30. The third kappa shape index (κ3) is 4.44. The van der Waals surface area contributed by atoms with E-state index < -0.39 is 12.0 Å². The molecule has 0 aliphatic rings. The van der Waals surface area contributed by atoms with Crippen LogP contribution in [0.15, 0.2) is 36.5 Å². The fourth-order valence-electron chi connectivity index (χ4n) is 2.03. The van der Waals surface area contributed by atoms with Crippen molar-refractivity contribution in [2.45, 2.75) is 19.2 Å². The van der Waals surface area contributed by atoms with E-state index in [0.29, 0.717) is 5.01 Å². The molecule has 1 amide bonds. The molecule has 0 aliphatic carbocycles. The van der Waals surface area contributed by atoms with Gasteiger partial charge < -0.3 is 15.5 Å². The van der Waals surface area contributed by atoms with Gasteiger partial charge in [-0.15, -0.1) is 15.3 Å². The van der Waals surface area contributed by atoms with Gasteiger partial charge in [0, 0.05) is 5.56 Å². The van der Waals surface area contributed by atoms with Crippen LogP contribution in [0.4, 0.5) is 0 Å². The van der Waals surface area contributed by atoms with Crippen molar-refractivity contribution in [3.63, 3.8) is 0 Å². The van der Waals surface area contributed by atoms with Crippen LogP contribution in [-0.4, -0.2) is 54.0 Å². The zero-order chi connectivity index (χ0) is 17.6. The van der Waals surface area contributed by atoms with Gasteiger partial charge in [0.1, 0.15) is 10.0 Å². The van der Waals surface area contributed by atoms with Crippen LogP contribution >= 0.6 is 11.3 Å². The average molecular weight is 360 g/mol. The van der Waals surface area contributed by atoms with E-state index in [1.54, 1.807) is 0 Å². The van der Waals surface area contributed by atoms with Crippen LogP contribution in [0.5, 0.6) is 0 Å². The minimum Gasteiger partial charge on any atom is -0.394 e. The van der Waals surface area contributed by atoms with Gasteiger partial charge in [0.2, 0.25) is 0 Å². The summed E-state index contributed by atoms with van der Waals surface area (Å²) in [5.41, 5.74) is 1.10. The number of rotatable bonds is 7. The predicted octanol–water partition coefficient (Wildman–Crippen LogP) is 0.0798. The Morgan fingerprint density at radius 3 is 2.80 bits per heavy atom. The molecule has 0 saturated heterocycles. The summed E-state index contributed by atoms with van der Waals surface area (Å²) >= 11 is 1.40. The van der Waals surface area contributed by atoms with Crippen LogP contribution < -0.4 is 5.32 Å². The SMILES string of the molecule is O=C(NCc1nnc(-c2ccccc2)s1)c1cn(CC(O)CO)nn1. The number of carbonyl (C=O) groups is 1. The van der Waals surface area contributed by atoms with Crippen LogP contribution in [0, 0.1) is 0 Å². The summed E-state index contributed by atoms with van der Waals surface area (Å²) in [6.07, 6.45) is 0.458. The van der Waals surface area contributed by atoms with Crippen molar-refractivity contribution in [3.8, 4) is 10.6 Å². The molecule has 1 atom stereocenters. The first-order valence-electron chi connectivity index (χ1n) is 7.51. The standard InChI is InChI=1S/C15H16N6O3S/c22-9-11(23)7-21-8-12(17-20-21)14(24)16-6-13-18-19-15(25-13)10-4-2-1-3-5-10/h1-5,8,11,22-23H,6-7,9H2,(H,16,24). The van der Waals surface area contributed by atoms with E-state index in [9.17, 15) is 9.90 Å². The van der Waals surface area contributed by atoms with E-state index in [2.05, 4.69) is 25.8 Å². The van der Waals surface area contributed by atoms with Gasteiger partial charge in [-0.3, -0.25) is 4.79 Å². The molecule has 0 spiro atoms. The summed E-state index contributed by atoms with van der Waals surface area (Å²) in [5.74, 6) is -0.402. The number of aliphatic hydroxyl groups excluding tert-OH is 2. The lowest BCUT2D eigenvalue weighted by atomic mass is 10.2. The van der Waals surface area contributed by atoms with E-state index in [1.807, 2.05) is 30.3 Å². The highest BCUT2D eigenvalue weighted by atomic mass is 32.1. The number of hydrogen-bond donors (Lipinski definition) is 3.